The third-order valence-electron chi connectivity index (χ3n) is 4.01. The molecule has 1 atom stereocenters. The van der Waals surface area contributed by atoms with Crippen molar-refractivity contribution in [3.05, 3.63) is 77.4 Å². The van der Waals surface area contributed by atoms with Crippen LogP contribution in [-0.2, 0) is 13.1 Å². The lowest BCUT2D eigenvalue weighted by Crippen LogP contribution is -2.23. The molecule has 0 saturated heterocycles. The van der Waals surface area contributed by atoms with Crippen LogP contribution in [0.5, 0.6) is 5.75 Å². The summed E-state index contributed by atoms with van der Waals surface area (Å²) in [6.45, 7) is -0.0717. The maximum atomic E-state index is 13.7. The van der Waals surface area contributed by atoms with E-state index in [9.17, 15) is 27.5 Å². The van der Waals surface area contributed by atoms with E-state index < -0.39 is 24.2 Å². The first-order chi connectivity index (χ1) is 14.2. The normalized spacial score (nSPS) is 12.4. The number of hydrogen-bond acceptors (Lipinski definition) is 5. The molecule has 158 valence electrons. The van der Waals surface area contributed by atoms with Crippen molar-refractivity contribution in [1.82, 2.24) is 20.3 Å². The summed E-state index contributed by atoms with van der Waals surface area (Å²) in [5, 5.41) is 20.1. The quantitative estimate of drug-likeness (QED) is 0.570. The maximum Gasteiger partial charge on any atom is 0.573 e. The van der Waals surface area contributed by atoms with Crippen molar-refractivity contribution in [3.63, 3.8) is 0 Å². The third-order valence-corrected chi connectivity index (χ3v) is 4.01. The van der Waals surface area contributed by atoms with E-state index in [0.717, 1.165) is 12.1 Å². The van der Waals surface area contributed by atoms with Crippen molar-refractivity contribution >= 4 is 5.91 Å². The van der Waals surface area contributed by atoms with Crippen molar-refractivity contribution < 1.29 is 32.2 Å². The molecule has 3 aromatic rings. The molecule has 0 radical (unpaired) electrons. The second-order valence-electron chi connectivity index (χ2n) is 6.24. The van der Waals surface area contributed by atoms with Gasteiger partial charge in [-0.2, -0.15) is 0 Å². The van der Waals surface area contributed by atoms with E-state index in [2.05, 4.69) is 20.4 Å². The van der Waals surface area contributed by atoms with Crippen LogP contribution >= 0.6 is 0 Å². The molecule has 0 aliphatic rings. The molecule has 0 fully saturated rings. The molecule has 0 aliphatic heterocycles. The maximum absolute atomic E-state index is 13.7. The lowest BCUT2D eigenvalue weighted by Gasteiger charge is -2.11. The Morgan fingerprint density at radius 2 is 1.87 bits per heavy atom. The molecule has 7 nitrogen and oxygen atoms in total. The van der Waals surface area contributed by atoms with Crippen molar-refractivity contribution in [2.24, 2.45) is 0 Å². The van der Waals surface area contributed by atoms with E-state index in [1.54, 1.807) is 6.07 Å². The van der Waals surface area contributed by atoms with Gasteiger partial charge in [0.05, 0.1) is 12.7 Å². The Kier molecular flexibility index (Phi) is 6.31. The highest BCUT2D eigenvalue weighted by Crippen LogP contribution is 2.22. The van der Waals surface area contributed by atoms with Gasteiger partial charge in [0.25, 0.3) is 5.91 Å². The number of benzene rings is 2. The summed E-state index contributed by atoms with van der Waals surface area (Å²) in [6, 6.07) is 10.8. The van der Waals surface area contributed by atoms with Gasteiger partial charge in [-0.25, -0.2) is 9.07 Å². The van der Waals surface area contributed by atoms with E-state index in [0.29, 0.717) is 5.56 Å². The van der Waals surface area contributed by atoms with Crippen LogP contribution in [-0.4, -0.2) is 32.4 Å². The van der Waals surface area contributed by atoms with Gasteiger partial charge in [0.2, 0.25) is 0 Å². The molecule has 3 rings (SSSR count). The zero-order valence-corrected chi connectivity index (χ0v) is 15.3. The number of carbonyl (C=O) groups excluding carboxylic acids is 1. The number of hydrogen-bond donors (Lipinski definition) is 2. The molecule has 11 heteroatoms. The van der Waals surface area contributed by atoms with Crippen molar-refractivity contribution in [2.75, 3.05) is 0 Å². The number of alkyl halides is 3. The second-order valence-corrected chi connectivity index (χ2v) is 6.24. The number of amides is 1. The SMILES string of the molecule is O=C(NCc1ccc(OC(F)(F)F)cc1)c1cn(C[C@H](O)c2ccccc2F)nn1. The zero-order chi connectivity index (χ0) is 21.7. The monoisotopic (exact) mass is 424 g/mol. The topological polar surface area (TPSA) is 89.3 Å². The minimum absolute atomic E-state index is 0.0345. The third kappa shape index (κ3) is 5.77. The van der Waals surface area contributed by atoms with Gasteiger partial charge >= 0.3 is 6.36 Å². The summed E-state index contributed by atoms with van der Waals surface area (Å²) in [4.78, 5) is 12.2. The summed E-state index contributed by atoms with van der Waals surface area (Å²) in [7, 11) is 0. The molecule has 2 aromatic carbocycles. The largest absolute Gasteiger partial charge is 0.573 e. The summed E-state index contributed by atoms with van der Waals surface area (Å²) in [5.74, 6) is -1.50. The molecule has 2 N–H and O–H groups in total. The fourth-order valence-corrected chi connectivity index (χ4v) is 2.59. The van der Waals surface area contributed by atoms with Crippen LogP contribution in [0.15, 0.2) is 54.7 Å². The predicted molar refractivity (Wildman–Crippen MR) is 95.7 cm³/mol. The molecule has 1 amide bonds. The van der Waals surface area contributed by atoms with Gasteiger partial charge in [0.1, 0.15) is 17.7 Å². The fourth-order valence-electron chi connectivity index (χ4n) is 2.59. The summed E-state index contributed by atoms with van der Waals surface area (Å²) < 4.78 is 55.1. The Morgan fingerprint density at radius 3 is 2.53 bits per heavy atom. The minimum atomic E-state index is -4.78. The average Bonchev–Trinajstić information content (AvgIpc) is 3.15. The highest BCUT2D eigenvalue weighted by molar-refractivity contribution is 5.91. The van der Waals surface area contributed by atoms with E-state index in [4.69, 9.17) is 0 Å². The first kappa shape index (κ1) is 21.2. The second kappa shape index (κ2) is 8.91. The van der Waals surface area contributed by atoms with E-state index in [-0.39, 0.29) is 30.1 Å². The number of aliphatic hydroxyl groups excluding tert-OH is 1. The molecule has 1 aromatic heterocycles. The predicted octanol–water partition coefficient (Wildman–Crippen LogP) is 2.98. The number of nitrogens with one attached hydrogen (secondary N) is 1. The summed E-state index contributed by atoms with van der Waals surface area (Å²) in [6.07, 6.45) is -4.66. The van der Waals surface area contributed by atoms with Gasteiger partial charge in [-0.15, -0.1) is 18.3 Å². The molecule has 1 heterocycles. The van der Waals surface area contributed by atoms with Crippen LogP contribution in [0.1, 0.15) is 27.7 Å². The summed E-state index contributed by atoms with van der Waals surface area (Å²) in [5.41, 5.74) is 0.602. The van der Waals surface area contributed by atoms with Crippen LogP contribution < -0.4 is 10.1 Å². The first-order valence-electron chi connectivity index (χ1n) is 8.67. The van der Waals surface area contributed by atoms with Crippen LogP contribution in [0.4, 0.5) is 17.6 Å². The van der Waals surface area contributed by atoms with E-state index in [1.165, 1.54) is 41.2 Å². The Bertz CT molecular complexity index is 1010. The van der Waals surface area contributed by atoms with Gasteiger partial charge in [0, 0.05) is 12.1 Å². The summed E-state index contributed by atoms with van der Waals surface area (Å²) >= 11 is 0. The van der Waals surface area contributed by atoms with Crippen LogP contribution in [0, 0.1) is 5.82 Å². The van der Waals surface area contributed by atoms with Crippen LogP contribution in [0.3, 0.4) is 0 Å². The first-order valence-corrected chi connectivity index (χ1v) is 8.67. The Morgan fingerprint density at radius 1 is 1.17 bits per heavy atom. The van der Waals surface area contributed by atoms with Gasteiger partial charge in [-0.05, 0) is 23.8 Å². The Hall–Kier alpha value is -3.47. The van der Waals surface area contributed by atoms with Gasteiger partial charge < -0.3 is 15.2 Å². The molecule has 30 heavy (non-hydrogen) atoms. The Balaban J connectivity index is 1.54. The van der Waals surface area contributed by atoms with E-state index in [1.807, 2.05) is 0 Å². The average molecular weight is 424 g/mol. The van der Waals surface area contributed by atoms with Crippen LogP contribution in [0.25, 0.3) is 0 Å². The zero-order valence-electron chi connectivity index (χ0n) is 15.3. The number of nitrogens with zero attached hydrogens (tertiary/aromatic N) is 3. The number of aromatic nitrogens is 3. The van der Waals surface area contributed by atoms with Gasteiger partial charge in [-0.3, -0.25) is 4.79 Å². The van der Waals surface area contributed by atoms with E-state index >= 15 is 0 Å². The number of aliphatic hydroxyl groups is 1. The molecular weight excluding hydrogens is 408 g/mol. The lowest BCUT2D eigenvalue weighted by molar-refractivity contribution is -0.274. The fraction of sp³-hybridized carbons (Fsp3) is 0.211. The highest BCUT2D eigenvalue weighted by Gasteiger charge is 2.30. The molecule has 0 spiro atoms. The van der Waals surface area contributed by atoms with Crippen molar-refractivity contribution in [3.8, 4) is 5.75 Å². The number of rotatable bonds is 7. The highest BCUT2D eigenvalue weighted by atomic mass is 19.4. The molecule has 0 saturated carbocycles. The van der Waals surface area contributed by atoms with Gasteiger partial charge in [0.15, 0.2) is 5.69 Å². The van der Waals surface area contributed by atoms with Crippen molar-refractivity contribution in [2.45, 2.75) is 25.6 Å². The molecule has 0 bridgehead atoms. The number of ether oxygens (including phenoxy) is 1. The Labute approximate surface area is 167 Å². The molecule has 0 aliphatic carbocycles. The number of carbonyl (C=O) groups is 1. The van der Waals surface area contributed by atoms with Crippen LogP contribution in [0.2, 0.25) is 0 Å². The number of halogens is 4. The van der Waals surface area contributed by atoms with Crippen molar-refractivity contribution in [1.29, 1.82) is 0 Å². The van der Waals surface area contributed by atoms with Gasteiger partial charge in [-0.1, -0.05) is 35.5 Å². The molecule has 0 unspecified atom stereocenters. The molecular formula is C19H16F4N4O3. The smallest absolute Gasteiger partial charge is 0.406 e. The standard InChI is InChI=1S/C19H16F4N4O3/c20-15-4-2-1-3-14(15)17(28)11-27-10-16(25-26-27)18(29)24-9-12-5-7-13(8-6-12)30-19(21,22)23/h1-8,10,17,28H,9,11H2,(H,24,29)/t17-/m0/s1. The minimum Gasteiger partial charge on any atom is -0.406 e. The lowest BCUT2D eigenvalue weighted by atomic mass is 10.1.